The molecule has 0 unspecified atom stereocenters. The second kappa shape index (κ2) is 4.69. The number of hydrogen-bond acceptors (Lipinski definition) is 3. The Labute approximate surface area is 101 Å². The van der Waals surface area contributed by atoms with Crippen molar-refractivity contribution < 1.29 is 4.79 Å². The van der Waals surface area contributed by atoms with E-state index in [0.717, 1.165) is 24.2 Å². The Morgan fingerprint density at radius 3 is 2.82 bits per heavy atom. The van der Waals surface area contributed by atoms with E-state index in [0.29, 0.717) is 19.0 Å². The van der Waals surface area contributed by atoms with Gasteiger partial charge in [0.15, 0.2) is 0 Å². The molecule has 1 heterocycles. The Balaban J connectivity index is 2.07. The summed E-state index contributed by atoms with van der Waals surface area (Å²) in [4.78, 5) is 18.1. The lowest BCUT2D eigenvalue weighted by atomic mass is 10.3. The van der Waals surface area contributed by atoms with E-state index in [4.69, 9.17) is 0 Å². The molecule has 0 aromatic carbocycles. The first-order valence-electron chi connectivity index (χ1n) is 5.97. The Kier molecular flexibility index (Phi) is 3.26. The minimum absolute atomic E-state index is 0.126. The number of amides is 1. The summed E-state index contributed by atoms with van der Waals surface area (Å²) in [7, 11) is 0. The van der Waals surface area contributed by atoms with Gasteiger partial charge in [0.25, 0.3) is 5.91 Å². The minimum atomic E-state index is -0.126. The van der Waals surface area contributed by atoms with Crippen LogP contribution >= 0.6 is 0 Å². The Bertz CT molecular complexity index is 433. The summed E-state index contributed by atoms with van der Waals surface area (Å²) in [5.41, 5.74) is 0.957. The molecule has 1 amide bonds. The van der Waals surface area contributed by atoms with Gasteiger partial charge in [-0.3, -0.25) is 9.89 Å². The number of carbonyl (C=O) groups excluding carboxylic acids is 1. The second-order valence-electron chi connectivity index (χ2n) is 4.59. The number of nitrogens with zero attached hydrogens (tertiary/aromatic N) is 3. The lowest BCUT2D eigenvalue weighted by Crippen LogP contribution is -2.32. The van der Waals surface area contributed by atoms with Gasteiger partial charge in [0.2, 0.25) is 5.82 Å². The van der Waals surface area contributed by atoms with Crippen LogP contribution in [0, 0.1) is 0 Å². The van der Waals surface area contributed by atoms with Crippen LogP contribution in [0.15, 0.2) is 12.2 Å². The monoisotopic (exact) mass is 234 g/mol. The minimum Gasteiger partial charge on any atom is -0.332 e. The number of carbonyl (C=O) groups is 1. The molecule has 1 aliphatic carbocycles. The molecule has 1 aromatic heterocycles. The maximum Gasteiger partial charge on any atom is 0.293 e. The molecule has 0 spiro atoms. The van der Waals surface area contributed by atoms with E-state index >= 15 is 0 Å². The summed E-state index contributed by atoms with van der Waals surface area (Å²) in [6.45, 7) is 8.86. The zero-order chi connectivity index (χ0) is 12.4. The predicted octanol–water partition coefficient (Wildman–Crippen LogP) is 1.72. The fraction of sp³-hybridized carbons (Fsp3) is 0.583. The van der Waals surface area contributed by atoms with Crippen LogP contribution in [0.25, 0.3) is 0 Å². The van der Waals surface area contributed by atoms with Gasteiger partial charge < -0.3 is 4.90 Å². The maximum absolute atomic E-state index is 12.1. The molecule has 0 radical (unpaired) electrons. The topological polar surface area (TPSA) is 61.9 Å². The van der Waals surface area contributed by atoms with Gasteiger partial charge in [-0.25, -0.2) is 4.98 Å². The van der Waals surface area contributed by atoms with Crippen molar-refractivity contribution in [3.63, 3.8) is 0 Å². The largest absolute Gasteiger partial charge is 0.332 e. The molecule has 0 saturated heterocycles. The SMILES string of the molecule is C=C(C)CN(CC)C(=O)c1n[nH]c(C2CC2)n1. The smallest absolute Gasteiger partial charge is 0.293 e. The molecule has 0 aliphatic heterocycles. The van der Waals surface area contributed by atoms with Crippen molar-refractivity contribution >= 4 is 5.91 Å². The number of rotatable bonds is 5. The van der Waals surface area contributed by atoms with Crippen molar-refractivity contribution in [2.24, 2.45) is 0 Å². The van der Waals surface area contributed by atoms with Crippen molar-refractivity contribution in [1.82, 2.24) is 20.1 Å². The summed E-state index contributed by atoms with van der Waals surface area (Å²) in [5.74, 6) is 1.48. The molecule has 17 heavy (non-hydrogen) atoms. The summed E-state index contributed by atoms with van der Waals surface area (Å²) < 4.78 is 0. The van der Waals surface area contributed by atoms with Crippen LogP contribution in [0.1, 0.15) is 49.1 Å². The average molecular weight is 234 g/mol. The highest BCUT2D eigenvalue weighted by Crippen LogP contribution is 2.37. The highest BCUT2D eigenvalue weighted by Gasteiger charge is 2.29. The fourth-order valence-electron chi connectivity index (χ4n) is 1.70. The molecule has 1 N–H and O–H groups in total. The first kappa shape index (κ1) is 11.8. The van der Waals surface area contributed by atoms with Crippen LogP contribution in [-0.2, 0) is 0 Å². The average Bonchev–Trinajstić information content (AvgIpc) is 3.03. The highest BCUT2D eigenvalue weighted by molar-refractivity contribution is 5.90. The molecule has 92 valence electrons. The number of likely N-dealkylation sites (N-methyl/N-ethyl adjacent to an activating group) is 1. The Morgan fingerprint density at radius 2 is 2.29 bits per heavy atom. The van der Waals surface area contributed by atoms with Crippen LogP contribution in [0.5, 0.6) is 0 Å². The van der Waals surface area contributed by atoms with Gasteiger partial charge >= 0.3 is 0 Å². The van der Waals surface area contributed by atoms with Gasteiger partial charge in [-0.05, 0) is 26.7 Å². The molecular formula is C12H18N4O. The van der Waals surface area contributed by atoms with Crippen LogP contribution in [0.2, 0.25) is 0 Å². The van der Waals surface area contributed by atoms with Crippen LogP contribution in [-0.4, -0.2) is 39.1 Å². The van der Waals surface area contributed by atoms with Gasteiger partial charge in [0.1, 0.15) is 5.82 Å². The van der Waals surface area contributed by atoms with E-state index in [-0.39, 0.29) is 11.7 Å². The molecule has 5 nitrogen and oxygen atoms in total. The van der Waals surface area contributed by atoms with Crippen molar-refractivity contribution in [3.05, 3.63) is 23.8 Å². The van der Waals surface area contributed by atoms with Crippen LogP contribution in [0.4, 0.5) is 0 Å². The first-order chi connectivity index (χ1) is 8.11. The lowest BCUT2D eigenvalue weighted by molar-refractivity contribution is 0.0766. The van der Waals surface area contributed by atoms with E-state index in [1.165, 1.54) is 0 Å². The zero-order valence-electron chi connectivity index (χ0n) is 10.4. The van der Waals surface area contributed by atoms with Gasteiger partial charge in [0.05, 0.1) is 0 Å². The number of hydrogen-bond donors (Lipinski definition) is 1. The Morgan fingerprint density at radius 1 is 1.59 bits per heavy atom. The highest BCUT2D eigenvalue weighted by atomic mass is 16.2. The number of nitrogens with one attached hydrogen (secondary N) is 1. The van der Waals surface area contributed by atoms with Gasteiger partial charge in [-0.2, -0.15) is 0 Å². The fourth-order valence-corrected chi connectivity index (χ4v) is 1.70. The van der Waals surface area contributed by atoms with Crippen molar-refractivity contribution in [3.8, 4) is 0 Å². The third-order valence-electron chi connectivity index (χ3n) is 2.79. The lowest BCUT2D eigenvalue weighted by Gasteiger charge is -2.18. The third-order valence-corrected chi connectivity index (χ3v) is 2.79. The standard InChI is InChI=1S/C12H18N4O/c1-4-16(7-8(2)3)12(17)11-13-10(14-15-11)9-5-6-9/h9H,2,4-7H2,1,3H3,(H,13,14,15). The summed E-state index contributed by atoms with van der Waals surface area (Å²) >= 11 is 0. The van der Waals surface area contributed by atoms with Gasteiger partial charge in [0, 0.05) is 19.0 Å². The van der Waals surface area contributed by atoms with E-state index in [1.54, 1.807) is 4.90 Å². The van der Waals surface area contributed by atoms with Crippen molar-refractivity contribution in [1.29, 1.82) is 0 Å². The zero-order valence-corrected chi connectivity index (χ0v) is 10.4. The first-order valence-corrected chi connectivity index (χ1v) is 5.97. The molecule has 1 saturated carbocycles. The molecule has 1 aliphatic rings. The van der Waals surface area contributed by atoms with Crippen molar-refractivity contribution in [2.45, 2.75) is 32.6 Å². The number of H-pyrrole nitrogens is 1. The van der Waals surface area contributed by atoms with E-state index in [2.05, 4.69) is 21.8 Å². The summed E-state index contributed by atoms with van der Waals surface area (Å²) in [5, 5.41) is 6.85. The Hall–Kier alpha value is -1.65. The molecule has 1 aromatic rings. The molecule has 5 heteroatoms. The predicted molar refractivity (Wildman–Crippen MR) is 64.7 cm³/mol. The number of aromatic amines is 1. The molecule has 2 rings (SSSR count). The normalized spacial score (nSPS) is 14.7. The van der Waals surface area contributed by atoms with Gasteiger partial charge in [-0.15, -0.1) is 5.10 Å². The molecule has 0 atom stereocenters. The summed E-state index contributed by atoms with van der Waals surface area (Å²) in [6, 6.07) is 0. The van der Waals surface area contributed by atoms with E-state index in [1.807, 2.05) is 13.8 Å². The molecular weight excluding hydrogens is 216 g/mol. The molecule has 1 fully saturated rings. The van der Waals surface area contributed by atoms with E-state index < -0.39 is 0 Å². The van der Waals surface area contributed by atoms with Crippen molar-refractivity contribution in [2.75, 3.05) is 13.1 Å². The third kappa shape index (κ3) is 2.72. The van der Waals surface area contributed by atoms with Crippen LogP contribution in [0.3, 0.4) is 0 Å². The summed E-state index contributed by atoms with van der Waals surface area (Å²) in [6.07, 6.45) is 2.29. The maximum atomic E-state index is 12.1. The second-order valence-corrected chi connectivity index (χ2v) is 4.59. The van der Waals surface area contributed by atoms with Gasteiger partial charge in [-0.1, -0.05) is 12.2 Å². The van der Waals surface area contributed by atoms with Crippen LogP contribution < -0.4 is 0 Å². The number of aromatic nitrogens is 3. The molecule has 0 bridgehead atoms. The van der Waals surface area contributed by atoms with E-state index in [9.17, 15) is 4.79 Å². The quantitative estimate of drug-likeness (QED) is 0.789.